The second-order valence-corrected chi connectivity index (χ2v) is 5.35. The average Bonchev–Trinajstić information content (AvgIpc) is 2.43. The molecule has 100 valence electrons. The average molecular weight is 279 g/mol. The fraction of sp³-hybridized carbons (Fsp3) is 0.200. The highest BCUT2D eigenvalue weighted by Crippen LogP contribution is 2.33. The lowest BCUT2D eigenvalue weighted by Crippen LogP contribution is -2.09. The zero-order valence-corrected chi connectivity index (χ0v) is 11.4. The van der Waals surface area contributed by atoms with Gasteiger partial charge in [0.2, 0.25) is 0 Å². The summed E-state index contributed by atoms with van der Waals surface area (Å²) in [5.41, 5.74) is 7.08. The number of nitrogens with two attached hydrogens (primary N) is 1. The molecular formula is C15H15F2NS. The summed E-state index contributed by atoms with van der Waals surface area (Å²) in [5, 5.41) is 0. The predicted octanol–water partition coefficient (Wildman–Crippen LogP) is 4.53. The third-order valence-corrected chi connectivity index (χ3v) is 3.96. The molecule has 2 rings (SSSR count). The first-order chi connectivity index (χ1) is 9.11. The van der Waals surface area contributed by atoms with Gasteiger partial charge in [-0.1, -0.05) is 36.9 Å². The molecule has 2 N–H and O–H groups in total. The Bertz CT molecular complexity index is 572. The van der Waals surface area contributed by atoms with Gasteiger partial charge in [0.1, 0.15) is 0 Å². The van der Waals surface area contributed by atoms with Crippen molar-refractivity contribution in [3.05, 3.63) is 59.7 Å². The highest BCUT2D eigenvalue weighted by atomic mass is 32.2. The molecule has 0 bridgehead atoms. The Morgan fingerprint density at radius 2 is 1.84 bits per heavy atom. The first-order valence-electron chi connectivity index (χ1n) is 6.09. The molecule has 0 radical (unpaired) electrons. The topological polar surface area (TPSA) is 26.0 Å². The minimum Gasteiger partial charge on any atom is -0.324 e. The van der Waals surface area contributed by atoms with Gasteiger partial charge in [-0.2, -0.15) is 0 Å². The minimum absolute atomic E-state index is 0.0472. The fourth-order valence-corrected chi connectivity index (χ4v) is 2.80. The lowest BCUT2D eigenvalue weighted by molar-refractivity contribution is 0.506. The molecule has 0 amide bonds. The van der Waals surface area contributed by atoms with Gasteiger partial charge in [-0.05, 0) is 36.2 Å². The zero-order chi connectivity index (χ0) is 13.8. The van der Waals surface area contributed by atoms with Crippen LogP contribution in [0, 0.1) is 11.6 Å². The fourth-order valence-electron chi connectivity index (χ4n) is 1.77. The molecule has 0 aliphatic carbocycles. The first-order valence-corrected chi connectivity index (χ1v) is 6.91. The SMILES string of the molecule is CC[C@H](N)c1ccccc1Sc1ccc(F)c(F)c1. The zero-order valence-electron chi connectivity index (χ0n) is 10.6. The number of hydrogen-bond acceptors (Lipinski definition) is 2. The van der Waals surface area contributed by atoms with Gasteiger partial charge in [-0.25, -0.2) is 8.78 Å². The van der Waals surface area contributed by atoms with E-state index in [0.717, 1.165) is 22.9 Å². The van der Waals surface area contributed by atoms with E-state index in [1.54, 1.807) is 6.07 Å². The van der Waals surface area contributed by atoms with E-state index in [4.69, 9.17) is 5.73 Å². The molecule has 0 aliphatic rings. The quantitative estimate of drug-likeness (QED) is 0.890. The standard InChI is InChI=1S/C15H15F2NS/c1-2-14(18)11-5-3-4-6-15(11)19-10-7-8-12(16)13(17)9-10/h3-9,14H,2,18H2,1H3/t14-/m0/s1. The maximum absolute atomic E-state index is 13.2. The second-order valence-electron chi connectivity index (χ2n) is 4.23. The van der Waals surface area contributed by atoms with E-state index in [1.165, 1.54) is 17.8 Å². The highest BCUT2D eigenvalue weighted by Gasteiger charge is 2.11. The Balaban J connectivity index is 2.30. The maximum Gasteiger partial charge on any atom is 0.159 e. The van der Waals surface area contributed by atoms with Gasteiger partial charge in [-0.15, -0.1) is 0 Å². The maximum atomic E-state index is 13.2. The summed E-state index contributed by atoms with van der Waals surface area (Å²) in [6.07, 6.45) is 0.829. The molecule has 2 aromatic rings. The van der Waals surface area contributed by atoms with Crippen LogP contribution in [0.25, 0.3) is 0 Å². The highest BCUT2D eigenvalue weighted by molar-refractivity contribution is 7.99. The van der Waals surface area contributed by atoms with Gasteiger partial charge < -0.3 is 5.73 Å². The number of halogens is 2. The smallest absolute Gasteiger partial charge is 0.159 e. The van der Waals surface area contributed by atoms with Crippen LogP contribution in [0.4, 0.5) is 8.78 Å². The molecule has 0 aliphatic heterocycles. The Labute approximate surface area is 115 Å². The van der Waals surface area contributed by atoms with Gasteiger partial charge >= 0.3 is 0 Å². The van der Waals surface area contributed by atoms with Crippen molar-refractivity contribution in [1.82, 2.24) is 0 Å². The van der Waals surface area contributed by atoms with Crippen molar-refractivity contribution in [3.63, 3.8) is 0 Å². The van der Waals surface area contributed by atoms with Crippen molar-refractivity contribution < 1.29 is 8.78 Å². The molecule has 1 atom stereocenters. The molecule has 1 nitrogen and oxygen atoms in total. The summed E-state index contributed by atoms with van der Waals surface area (Å²) in [7, 11) is 0. The van der Waals surface area contributed by atoms with Crippen molar-refractivity contribution in [2.45, 2.75) is 29.2 Å². The van der Waals surface area contributed by atoms with Crippen LogP contribution < -0.4 is 5.73 Å². The molecule has 0 saturated carbocycles. The van der Waals surface area contributed by atoms with E-state index in [2.05, 4.69) is 0 Å². The van der Waals surface area contributed by atoms with E-state index in [9.17, 15) is 8.78 Å². The third kappa shape index (κ3) is 3.33. The summed E-state index contributed by atoms with van der Waals surface area (Å²) < 4.78 is 26.1. The predicted molar refractivity (Wildman–Crippen MR) is 74.1 cm³/mol. The Kier molecular flexibility index (Phi) is 4.56. The normalized spacial score (nSPS) is 12.4. The van der Waals surface area contributed by atoms with Crippen molar-refractivity contribution in [1.29, 1.82) is 0 Å². The Morgan fingerprint density at radius 1 is 1.11 bits per heavy atom. The van der Waals surface area contributed by atoms with Crippen LogP contribution in [0.15, 0.2) is 52.3 Å². The lowest BCUT2D eigenvalue weighted by Gasteiger charge is -2.14. The monoisotopic (exact) mass is 279 g/mol. The van der Waals surface area contributed by atoms with Crippen molar-refractivity contribution >= 4 is 11.8 Å². The second kappa shape index (κ2) is 6.17. The van der Waals surface area contributed by atoms with E-state index >= 15 is 0 Å². The van der Waals surface area contributed by atoms with E-state index in [0.29, 0.717) is 4.90 Å². The molecule has 0 unspecified atom stereocenters. The molecule has 0 heterocycles. The van der Waals surface area contributed by atoms with E-state index in [1.807, 2.05) is 31.2 Å². The number of rotatable bonds is 4. The lowest BCUT2D eigenvalue weighted by atomic mass is 10.1. The first kappa shape index (κ1) is 14.0. The molecule has 0 fully saturated rings. The minimum atomic E-state index is -0.831. The van der Waals surface area contributed by atoms with Gasteiger partial charge in [-0.3, -0.25) is 0 Å². The van der Waals surface area contributed by atoms with Crippen LogP contribution in [0.1, 0.15) is 24.9 Å². The number of benzene rings is 2. The summed E-state index contributed by atoms with van der Waals surface area (Å²) in [4.78, 5) is 1.64. The summed E-state index contributed by atoms with van der Waals surface area (Å²) in [5.74, 6) is -1.66. The molecule has 0 saturated heterocycles. The number of hydrogen-bond donors (Lipinski definition) is 1. The molecule has 4 heteroatoms. The van der Waals surface area contributed by atoms with Crippen molar-refractivity contribution in [3.8, 4) is 0 Å². The summed E-state index contributed by atoms with van der Waals surface area (Å²) >= 11 is 1.39. The Morgan fingerprint density at radius 3 is 2.53 bits per heavy atom. The van der Waals surface area contributed by atoms with Crippen LogP contribution in [-0.2, 0) is 0 Å². The van der Waals surface area contributed by atoms with Crippen LogP contribution >= 0.6 is 11.8 Å². The third-order valence-electron chi connectivity index (χ3n) is 2.88. The summed E-state index contributed by atoms with van der Waals surface area (Å²) in [6, 6.07) is 11.6. The molecule has 0 aromatic heterocycles. The van der Waals surface area contributed by atoms with Crippen molar-refractivity contribution in [2.75, 3.05) is 0 Å². The molecule has 0 spiro atoms. The molecular weight excluding hydrogens is 264 g/mol. The van der Waals surface area contributed by atoms with Crippen molar-refractivity contribution in [2.24, 2.45) is 5.73 Å². The molecule has 19 heavy (non-hydrogen) atoms. The van der Waals surface area contributed by atoms with Gasteiger partial charge in [0.05, 0.1) is 0 Å². The van der Waals surface area contributed by atoms with Crippen LogP contribution in [0.5, 0.6) is 0 Å². The van der Waals surface area contributed by atoms with Crippen LogP contribution in [-0.4, -0.2) is 0 Å². The van der Waals surface area contributed by atoms with Crippen LogP contribution in [0.2, 0.25) is 0 Å². The van der Waals surface area contributed by atoms with E-state index in [-0.39, 0.29) is 6.04 Å². The molecule has 2 aromatic carbocycles. The van der Waals surface area contributed by atoms with Gasteiger partial charge in [0.15, 0.2) is 11.6 Å². The van der Waals surface area contributed by atoms with Gasteiger partial charge in [0, 0.05) is 15.8 Å². The van der Waals surface area contributed by atoms with Crippen LogP contribution in [0.3, 0.4) is 0 Å². The largest absolute Gasteiger partial charge is 0.324 e. The van der Waals surface area contributed by atoms with E-state index < -0.39 is 11.6 Å². The Hall–Kier alpha value is -1.39. The van der Waals surface area contributed by atoms with Gasteiger partial charge in [0.25, 0.3) is 0 Å². The summed E-state index contributed by atoms with van der Waals surface area (Å²) in [6.45, 7) is 2.02.